The maximum Gasteiger partial charge on any atom is 0.306 e. The van der Waals surface area contributed by atoms with Crippen molar-refractivity contribution in [3.8, 4) is 17.3 Å². The van der Waals surface area contributed by atoms with E-state index in [4.69, 9.17) is 20.1 Å². The summed E-state index contributed by atoms with van der Waals surface area (Å²) in [6.45, 7) is 4.09. The van der Waals surface area contributed by atoms with Gasteiger partial charge in [-0.1, -0.05) is 6.07 Å². The summed E-state index contributed by atoms with van der Waals surface area (Å²) in [6, 6.07) is 5.91. The van der Waals surface area contributed by atoms with E-state index < -0.39 is 42.8 Å². The predicted molar refractivity (Wildman–Crippen MR) is 112 cm³/mol. The Labute approximate surface area is 183 Å². The molecule has 12 heteroatoms. The van der Waals surface area contributed by atoms with E-state index in [-0.39, 0.29) is 6.04 Å². The van der Waals surface area contributed by atoms with Gasteiger partial charge in [-0.15, -0.1) is 0 Å². The minimum absolute atomic E-state index is 0.269. The van der Waals surface area contributed by atoms with Crippen LogP contribution in [0.5, 0.6) is 5.75 Å². The SMILES string of the molecule is COc1cnc(-c2ccccn2)nc1NC(C)C.O=C(O)CC(O)(CC(=O)O)CC(=O)O. The lowest BCUT2D eigenvalue weighted by atomic mass is 9.92. The Balaban J connectivity index is 0.000000333. The third-order valence-corrected chi connectivity index (χ3v) is 3.74. The number of carbonyl (C=O) groups is 3. The fraction of sp³-hybridized carbons (Fsp3) is 0.400. The van der Waals surface area contributed by atoms with E-state index in [0.717, 1.165) is 5.69 Å². The van der Waals surface area contributed by atoms with Crippen LogP contribution in [0.4, 0.5) is 5.82 Å². The Morgan fingerprint density at radius 2 is 1.59 bits per heavy atom. The first-order valence-corrected chi connectivity index (χ1v) is 9.42. The molecule has 2 aromatic rings. The second-order valence-corrected chi connectivity index (χ2v) is 7.06. The number of hydrogen-bond acceptors (Lipinski definition) is 9. The number of aliphatic carboxylic acids is 3. The molecule has 0 bridgehead atoms. The van der Waals surface area contributed by atoms with Crippen molar-refractivity contribution in [1.29, 1.82) is 0 Å². The van der Waals surface area contributed by atoms with Crippen LogP contribution < -0.4 is 10.1 Å². The number of aromatic nitrogens is 3. The van der Waals surface area contributed by atoms with Gasteiger partial charge in [0.1, 0.15) is 5.69 Å². The first-order chi connectivity index (χ1) is 15.0. The first kappa shape index (κ1) is 26.2. The lowest BCUT2D eigenvalue weighted by Gasteiger charge is -2.21. The van der Waals surface area contributed by atoms with Crippen molar-refractivity contribution in [2.75, 3.05) is 12.4 Å². The van der Waals surface area contributed by atoms with Crippen LogP contribution in [0.1, 0.15) is 33.1 Å². The van der Waals surface area contributed by atoms with Crippen LogP contribution in [0.15, 0.2) is 30.6 Å². The molecule has 0 unspecified atom stereocenters. The maximum atomic E-state index is 10.2. The zero-order valence-electron chi connectivity index (χ0n) is 17.8. The summed E-state index contributed by atoms with van der Waals surface area (Å²) in [5.74, 6) is -2.45. The molecule has 2 heterocycles. The van der Waals surface area contributed by atoms with Crippen LogP contribution in [-0.2, 0) is 14.4 Å². The maximum absolute atomic E-state index is 10.2. The number of anilines is 1. The van der Waals surface area contributed by atoms with Crippen LogP contribution in [0.3, 0.4) is 0 Å². The van der Waals surface area contributed by atoms with E-state index in [1.807, 2.05) is 32.0 Å². The number of carboxylic acids is 3. The number of ether oxygens (including phenoxy) is 1. The lowest BCUT2D eigenvalue weighted by molar-refractivity contribution is -0.153. The highest BCUT2D eigenvalue weighted by atomic mass is 16.5. The van der Waals surface area contributed by atoms with E-state index in [1.165, 1.54) is 0 Å². The van der Waals surface area contributed by atoms with Gasteiger partial charge in [0, 0.05) is 12.2 Å². The van der Waals surface area contributed by atoms with Gasteiger partial charge in [-0.2, -0.15) is 0 Å². The smallest absolute Gasteiger partial charge is 0.306 e. The minimum atomic E-state index is -2.23. The fourth-order valence-electron chi connectivity index (χ4n) is 2.55. The highest BCUT2D eigenvalue weighted by Gasteiger charge is 2.35. The number of pyridine rings is 1. The third-order valence-electron chi connectivity index (χ3n) is 3.74. The molecule has 0 spiro atoms. The topological polar surface area (TPSA) is 192 Å². The monoisotopic (exact) mass is 450 g/mol. The van der Waals surface area contributed by atoms with Gasteiger partial charge in [0.05, 0.1) is 38.2 Å². The summed E-state index contributed by atoms with van der Waals surface area (Å²) in [6.07, 6.45) is 0.642. The standard InChI is InChI=1S/C13H16N4O.C7H10O7/c1-9(2)16-13-11(18-3)8-15-12(17-13)10-6-4-5-7-14-10;8-4(9)1-7(14,2-5(10)11)3-6(12)13/h4-9H,1-3H3,(H,15,16,17);14H,1-3H2,(H,8,9)(H,10,11)(H,12,13). The molecule has 0 saturated heterocycles. The van der Waals surface area contributed by atoms with Crippen molar-refractivity contribution in [3.05, 3.63) is 30.6 Å². The molecule has 0 atom stereocenters. The van der Waals surface area contributed by atoms with Gasteiger partial charge in [0.15, 0.2) is 17.4 Å². The van der Waals surface area contributed by atoms with Gasteiger partial charge >= 0.3 is 17.9 Å². The van der Waals surface area contributed by atoms with Crippen molar-refractivity contribution >= 4 is 23.7 Å². The van der Waals surface area contributed by atoms with Crippen LogP contribution in [0.25, 0.3) is 11.5 Å². The van der Waals surface area contributed by atoms with Crippen LogP contribution in [-0.4, -0.2) is 72.0 Å². The van der Waals surface area contributed by atoms with Gasteiger partial charge in [0.25, 0.3) is 0 Å². The average Bonchev–Trinajstić information content (AvgIpc) is 2.66. The number of rotatable bonds is 10. The second kappa shape index (κ2) is 12.2. The van der Waals surface area contributed by atoms with Gasteiger partial charge < -0.3 is 30.5 Å². The van der Waals surface area contributed by atoms with E-state index in [2.05, 4.69) is 20.3 Å². The van der Waals surface area contributed by atoms with Crippen molar-refractivity contribution in [2.45, 2.75) is 44.8 Å². The lowest BCUT2D eigenvalue weighted by Crippen LogP contribution is -2.36. The van der Waals surface area contributed by atoms with Crippen molar-refractivity contribution in [1.82, 2.24) is 15.0 Å². The normalized spacial score (nSPS) is 10.7. The highest BCUT2D eigenvalue weighted by molar-refractivity contribution is 5.76. The number of nitrogens with zero attached hydrogens (tertiary/aromatic N) is 3. The predicted octanol–water partition coefficient (Wildman–Crippen LogP) is 1.51. The van der Waals surface area contributed by atoms with E-state index in [9.17, 15) is 19.5 Å². The van der Waals surface area contributed by atoms with Crippen molar-refractivity contribution < 1.29 is 39.5 Å². The Kier molecular flexibility index (Phi) is 9.96. The Morgan fingerprint density at radius 3 is 2.00 bits per heavy atom. The first-order valence-electron chi connectivity index (χ1n) is 9.42. The Bertz CT molecular complexity index is 880. The third kappa shape index (κ3) is 9.34. The number of carboxylic acid groups (broad SMARTS) is 3. The summed E-state index contributed by atoms with van der Waals surface area (Å²) >= 11 is 0. The van der Waals surface area contributed by atoms with Crippen molar-refractivity contribution in [2.24, 2.45) is 0 Å². The average molecular weight is 450 g/mol. The molecule has 0 saturated carbocycles. The zero-order chi connectivity index (χ0) is 24.3. The molecule has 0 amide bonds. The molecular formula is C20H26N4O8. The van der Waals surface area contributed by atoms with Gasteiger partial charge in [-0.05, 0) is 26.0 Å². The highest BCUT2D eigenvalue weighted by Crippen LogP contribution is 2.24. The molecule has 2 aromatic heterocycles. The van der Waals surface area contributed by atoms with E-state index in [0.29, 0.717) is 17.4 Å². The number of nitrogens with one attached hydrogen (secondary N) is 1. The molecule has 32 heavy (non-hydrogen) atoms. The number of aliphatic hydroxyl groups is 1. The summed E-state index contributed by atoms with van der Waals surface area (Å²) < 4.78 is 5.23. The summed E-state index contributed by atoms with van der Waals surface area (Å²) in [7, 11) is 1.60. The zero-order valence-corrected chi connectivity index (χ0v) is 17.8. The summed E-state index contributed by atoms with van der Waals surface area (Å²) in [5, 5.41) is 37.6. The van der Waals surface area contributed by atoms with Crippen molar-refractivity contribution in [3.63, 3.8) is 0 Å². The molecule has 0 aliphatic heterocycles. The molecule has 5 N–H and O–H groups in total. The van der Waals surface area contributed by atoms with E-state index in [1.54, 1.807) is 19.5 Å². The van der Waals surface area contributed by atoms with Gasteiger partial charge in [-0.3, -0.25) is 19.4 Å². The van der Waals surface area contributed by atoms with Crippen LogP contribution in [0, 0.1) is 0 Å². The molecule has 0 radical (unpaired) electrons. The summed E-state index contributed by atoms with van der Waals surface area (Å²) in [4.78, 5) is 43.6. The molecular weight excluding hydrogens is 424 g/mol. The minimum Gasteiger partial charge on any atom is -0.491 e. The number of hydrogen-bond donors (Lipinski definition) is 5. The molecule has 0 fully saturated rings. The van der Waals surface area contributed by atoms with Gasteiger partial charge in [-0.25, -0.2) is 9.97 Å². The largest absolute Gasteiger partial charge is 0.491 e. The fourth-order valence-corrected chi connectivity index (χ4v) is 2.55. The summed E-state index contributed by atoms with van der Waals surface area (Å²) in [5.41, 5.74) is -1.49. The number of methoxy groups -OCH3 is 1. The molecule has 174 valence electrons. The molecule has 12 nitrogen and oxygen atoms in total. The quantitative estimate of drug-likeness (QED) is 0.351. The molecule has 0 aromatic carbocycles. The molecule has 0 aliphatic rings. The Morgan fingerprint density at radius 1 is 1.03 bits per heavy atom. The van der Waals surface area contributed by atoms with E-state index >= 15 is 0 Å². The van der Waals surface area contributed by atoms with Gasteiger partial charge in [0.2, 0.25) is 0 Å². The van der Waals surface area contributed by atoms with Crippen LogP contribution >= 0.6 is 0 Å². The molecule has 2 rings (SSSR count). The second-order valence-electron chi connectivity index (χ2n) is 7.06. The Hall–Kier alpha value is -3.80. The van der Waals surface area contributed by atoms with Crippen LogP contribution in [0.2, 0.25) is 0 Å². The molecule has 0 aliphatic carbocycles.